The molecule has 0 aromatic rings. The fraction of sp³-hybridized carbons (Fsp3) is 0.909. The van der Waals surface area contributed by atoms with Crippen molar-refractivity contribution in [3.05, 3.63) is 6.92 Å². The first-order valence-corrected chi connectivity index (χ1v) is 5.73. The topological polar surface area (TPSA) is 0 Å². The monoisotopic (exact) mass is 189 g/mol. The van der Waals surface area contributed by atoms with Gasteiger partial charge in [-0.05, 0) is 18.8 Å². The molecule has 0 aromatic heterocycles. The Balaban J connectivity index is 3.06. The Labute approximate surface area is 82.7 Å². The molecule has 0 nitrogen and oxygen atoms in total. The van der Waals surface area contributed by atoms with Gasteiger partial charge in [-0.2, -0.15) is 0 Å². The summed E-state index contributed by atoms with van der Waals surface area (Å²) in [6.07, 6.45) is 9.09. The van der Waals surface area contributed by atoms with Crippen molar-refractivity contribution < 1.29 is 0 Å². The Kier molecular flexibility index (Phi) is 9.61. The van der Waals surface area contributed by atoms with E-state index < -0.39 is 0 Å². The Morgan fingerprint density at radius 1 is 1.17 bits per heavy atom. The van der Waals surface area contributed by atoms with Crippen molar-refractivity contribution in [3.8, 4) is 0 Å². The van der Waals surface area contributed by atoms with Gasteiger partial charge in [-0.1, -0.05) is 46.0 Å². The first-order valence-electron chi connectivity index (χ1n) is 5.20. The van der Waals surface area contributed by atoms with Crippen molar-refractivity contribution >= 4 is 11.6 Å². The number of hydrogen-bond acceptors (Lipinski definition) is 0. The molecule has 1 heteroatoms. The molecule has 0 aliphatic heterocycles. The third kappa shape index (κ3) is 6.97. The zero-order valence-corrected chi connectivity index (χ0v) is 9.08. The fourth-order valence-corrected chi connectivity index (χ4v) is 1.64. The molecule has 0 saturated carbocycles. The number of hydrogen-bond donors (Lipinski definition) is 0. The second kappa shape index (κ2) is 9.38. The van der Waals surface area contributed by atoms with Gasteiger partial charge in [-0.15, -0.1) is 11.6 Å². The third-order valence-electron chi connectivity index (χ3n) is 2.34. The number of alkyl halides is 1. The molecule has 1 radical (unpaired) electrons. The van der Waals surface area contributed by atoms with Gasteiger partial charge in [0.25, 0.3) is 0 Å². The van der Waals surface area contributed by atoms with Crippen molar-refractivity contribution in [2.24, 2.45) is 5.92 Å². The highest BCUT2D eigenvalue weighted by Crippen LogP contribution is 2.15. The first-order chi connectivity index (χ1) is 5.85. The summed E-state index contributed by atoms with van der Waals surface area (Å²) in [6, 6.07) is 0. The van der Waals surface area contributed by atoms with Crippen molar-refractivity contribution in [3.63, 3.8) is 0 Å². The lowest BCUT2D eigenvalue weighted by Crippen LogP contribution is -1.99. The van der Waals surface area contributed by atoms with Gasteiger partial charge < -0.3 is 0 Å². The van der Waals surface area contributed by atoms with Gasteiger partial charge in [0.05, 0.1) is 0 Å². The first kappa shape index (κ1) is 12.3. The highest BCUT2D eigenvalue weighted by atomic mass is 35.5. The van der Waals surface area contributed by atoms with E-state index in [9.17, 15) is 0 Å². The number of unbranched alkanes of at least 4 members (excludes halogenated alkanes) is 4. The summed E-state index contributed by atoms with van der Waals surface area (Å²) in [7, 11) is 0. The zero-order valence-electron chi connectivity index (χ0n) is 8.32. The number of rotatable bonds is 8. The van der Waals surface area contributed by atoms with Gasteiger partial charge in [-0.3, -0.25) is 0 Å². The van der Waals surface area contributed by atoms with Crippen LogP contribution >= 0.6 is 11.6 Å². The van der Waals surface area contributed by atoms with Gasteiger partial charge in [-0.25, -0.2) is 0 Å². The molecule has 73 valence electrons. The zero-order chi connectivity index (χ0) is 9.23. The van der Waals surface area contributed by atoms with Crippen LogP contribution in [0.5, 0.6) is 0 Å². The molecule has 0 spiro atoms. The molecule has 0 saturated heterocycles. The molecular weight excluding hydrogens is 168 g/mol. The van der Waals surface area contributed by atoms with E-state index in [1.807, 2.05) is 0 Å². The predicted molar refractivity (Wildman–Crippen MR) is 57.6 cm³/mol. The summed E-state index contributed by atoms with van der Waals surface area (Å²) >= 11 is 5.77. The van der Waals surface area contributed by atoms with Crippen molar-refractivity contribution in [2.75, 3.05) is 5.88 Å². The molecule has 0 bridgehead atoms. The van der Waals surface area contributed by atoms with Crippen LogP contribution < -0.4 is 0 Å². The Morgan fingerprint density at radius 2 is 1.83 bits per heavy atom. The Bertz CT molecular complexity index is 77.1. The van der Waals surface area contributed by atoms with E-state index >= 15 is 0 Å². The summed E-state index contributed by atoms with van der Waals surface area (Å²) in [5.41, 5.74) is 0. The molecule has 0 rings (SSSR count). The lowest BCUT2D eigenvalue weighted by atomic mass is 10.00. The molecule has 0 fully saturated rings. The van der Waals surface area contributed by atoms with Crippen LogP contribution in [-0.2, 0) is 0 Å². The minimum absolute atomic E-state index is 0.660. The summed E-state index contributed by atoms with van der Waals surface area (Å²) in [5.74, 6) is 1.45. The van der Waals surface area contributed by atoms with E-state index in [-0.39, 0.29) is 0 Å². The van der Waals surface area contributed by atoms with Crippen LogP contribution in [0.1, 0.15) is 51.9 Å². The maximum absolute atomic E-state index is 5.77. The molecule has 0 aliphatic carbocycles. The summed E-state index contributed by atoms with van der Waals surface area (Å²) in [6.45, 7) is 6.14. The highest BCUT2D eigenvalue weighted by molar-refractivity contribution is 6.18. The molecular formula is C11H22Cl. The molecule has 0 aliphatic rings. The third-order valence-corrected chi connectivity index (χ3v) is 2.78. The van der Waals surface area contributed by atoms with Gasteiger partial charge in [0, 0.05) is 5.88 Å². The van der Waals surface area contributed by atoms with E-state index in [0.29, 0.717) is 5.92 Å². The summed E-state index contributed by atoms with van der Waals surface area (Å²) in [4.78, 5) is 0. The second-order valence-corrected chi connectivity index (χ2v) is 3.82. The van der Waals surface area contributed by atoms with Crippen LogP contribution in [0, 0.1) is 12.8 Å². The average Bonchev–Trinajstić information content (AvgIpc) is 2.11. The van der Waals surface area contributed by atoms with Crippen LogP contribution in [0.15, 0.2) is 0 Å². The van der Waals surface area contributed by atoms with Crippen LogP contribution in [0.2, 0.25) is 0 Å². The highest BCUT2D eigenvalue weighted by Gasteiger charge is 2.02. The van der Waals surface area contributed by atoms with Gasteiger partial charge in [0.1, 0.15) is 0 Å². The molecule has 0 amide bonds. The molecule has 0 aromatic carbocycles. The maximum atomic E-state index is 5.77. The molecule has 0 heterocycles. The SMILES string of the molecule is [CH2]CC(CCl)CCCCCCC. The van der Waals surface area contributed by atoms with Crippen LogP contribution in [0.4, 0.5) is 0 Å². The predicted octanol–water partition coefficient (Wildman–Crippen LogP) is 4.43. The second-order valence-electron chi connectivity index (χ2n) is 3.51. The minimum Gasteiger partial charge on any atom is -0.126 e. The largest absolute Gasteiger partial charge is 0.126 e. The molecule has 1 atom stereocenters. The number of halogens is 1. The van der Waals surface area contributed by atoms with E-state index in [2.05, 4.69) is 13.8 Å². The van der Waals surface area contributed by atoms with Crippen LogP contribution in [-0.4, -0.2) is 5.88 Å². The Hall–Kier alpha value is 0.290. The normalized spacial score (nSPS) is 13.2. The Morgan fingerprint density at radius 3 is 2.33 bits per heavy atom. The molecule has 12 heavy (non-hydrogen) atoms. The summed E-state index contributed by atoms with van der Waals surface area (Å²) in [5, 5.41) is 0. The van der Waals surface area contributed by atoms with Crippen molar-refractivity contribution in [1.29, 1.82) is 0 Å². The lowest BCUT2D eigenvalue weighted by molar-refractivity contribution is 0.493. The van der Waals surface area contributed by atoms with Gasteiger partial charge in [0.2, 0.25) is 0 Å². The van der Waals surface area contributed by atoms with Crippen LogP contribution in [0.25, 0.3) is 0 Å². The van der Waals surface area contributed by atoms with Crippen molar-refractivity contribution in [2.45, 2.75) is 51.9 Å². The van der Waals surface area contributed by atoms with Crippen molar-refractivity contribution in [1.82, 2.24) is 0 Å². The van der Waals surface area contributed by atoms with E-state index in [4.69, 9.17) is 11.6 Å². The fourth-order valence-electron chi connectivity index (χ4n) is 1.34. The van der Waals surface area contributed by atoms with Gasteiger partial charge in [0.15, 0.2) is 0 Å². The molecule has 0 N–H and O–H groups in total. The summed E-state index contributed by atoms with van der Waals surface area (Å²) < 4.78 is 0. The van der Waals surface area contributed by atoms with E-state index in [1.54, 1.807) is 0 Å². The van der Waals surface area contributed by atoms with Gasteiger partial charge >= 0.3 is 0 Å². The van der Waals surface area contributed by atoms with E-state index in [1.165, 1.54) is 38.5 Å². The lowest BCUT2D eigenvalue weighted by Gasteiger charge is -2.09. The standard InChI is InChI=1S/C11H22Cl/c1-3-5-6-7-8-9-11(4-2)10-12/h11H,2-10H2,1H3. The quantitative estimate of drug-likeness (QED) is 0.392. The minimum atomic E-state index is 0.660. The van der Waals surface area contributed by atoms with Crippen LogP contribution in [0.3, 0.4) is 0 Å². The molecule has 1 unspecified atom stereocenters. The van der Waals surface area contributed by atoms with E-state index in [0.717, 1.165) is 12.3 Å². The smallest absolute Gasteiger partial charge is 0.0251 e. The maximum Gasteiger partial charge on any atom is 0.0251 e. The average molecular weight is 190 g/mol.